The van der Waals surface area contributed by atoms with Crippen LogP contribution in [0.4, 0.5) is 35.0 Å². The lowest BCUT2D eigenvalue weighted by atomic mass is 10.0. The highest BCUT2D eigenvalue weighted by atomic mass is 19.4. The summed E-state index contributed by atoms with van der Waals surface area (Å²) in [6, 6.07) is 14.3. The van der Waals surface area contributed by atoms with Crippen LogP contribution in [0.15, 0.2) is 60.7 Å². The van der Waals surface area contributed by atoms with E-state index in [2.05, 4.69) is 5.32 Å². The minimum atomic E-state index is -4.91. The molecule has 1 N–H and O–H groups in total. The average molecular weight is 679 g/mol. The third kappa shape index (κ3) is 8.20. The molecule has 1 heterocycles. The van der Waals surface area contributed by atoms with Crippen LogP contribution < -0.4 is 10.2 Å². The van der Waals surface area contributed by atoms with Gasteiger partial charge in [-0.25, -0.2) is 19.3 Å². The first-order chi connectivity index (χ1) is 22.5. The largest absolute Gasteiger partial charge is 0.456 e. The number of benzene rings is 3. The van der Waals surface area contributed by atoms with Crippen LogP contribution in [0.2, 0.25) is 0 Å². The normalized spacial score (nSPS) is 14.8. The van der Waals surface area contributed by atoms with Gasteiger partial charge < -0.3 is 19.7 Å². The molecule has 0 aliphatic carbocycles. The summed E-state index contributed by atoms with van der Waals surface area (Å²) in [4.78, 5) is 54.8. The van der Waals surface area contributed by atoms with Crippen molar-refractivity contribution in [1.29, 1.82) is 5.26 Å². The Balaban J connectivity index is 1.72. The highest BCUT2D eigenvalue weighted by Crippen LogP contribution is 2.39. The molecule has 13 heteroatoms. The van der Waals surface area contributed by atoms with Crippen LogP contribution in [0, 0.1) is 11.3 Å². The minimum absolute atomic E-state index is 0.158. The first-order valence-corrected chi connectivity index (χ1v) is 15.3. The number of rotatable bonds is 7. The van der Waals surface area contributed by atoms with Gasteiger partial charge in [-0.3, -0.25) is 4.79 Å². The summed E-state index contributed by atoms with van der Waals surface area (Å²) in [7, 11) is 0. The number of amides is 3. The molecule has 1 aliphatic rings. The number of urea groups is 1. The lowest BCUT2D eigenvalue weighted by Gasteiger charge is -2.29. The summed E-state index contributed by atoms with van der Waals surface area (Å²) in [5, 5.41) is 12.4. The molecule has 3 amide bonds. The van der Waals surface area contributed by atoms with Crippen LogP contribution in [0.3, 0.4) is 0 Å². The second kappa shape index (κ2) is 12.9. The molecule has 3 aromatic carbocycles. The Labute approximate surface area is 282 Å². The predicted molar refractivity (Wildman–Crippen MR) is 175 cm³/mol. The number of hydrogen-bond acceptors (Lipinski definition) is 8. The van der Waals surface area contributed by atoms with Gasteiger partial charge in [0.05, 0.1) is 40.6 Å². The monoisotopic (exact) mass is 678 g/mol. The van der Waals surface area contributed by atoms with Gasteiger partial charge in [0, 0.05) is 11.4 Å². The lowest BCUT2D eigenvalue weighted by molar-refractivity contribution is -0.137. The number of halogens is 3. The number of alkyl halides is 3. The maximum absolute atomic E-state index is 13.9. The number of anilines is 3. The Morgan fingerprint density at radius 2 is 1.39 bits per heavy atom. The maximum Gasteiger partial charge on any atom is 0.417 e. The van der Waals surface area contributed by atoms with Gasteiger partial charge in [-0.15, -0.1) is 0 Å². The number of nitriles is 1. The Hall–Kier alpha value is -5.38. The van der Waals surface area contributed by atoms with E-state index in [-0.39, 0.29) is 17.8 Å². The second-order valence-electron chi connectivity index (χ2n) is 14.0. The van der Waals surface area contributed by atoms with Gasteiger partial charge in [-0.05, 0) is 122 Å². The standard InChI is InChI=1S/C36H37F3N4O6/c1-33(2,3)48-29(44)21-9-13-25(14-10-21)41-28-16-12-22(30(45)49-34(4,5)6)17-24(28)20-42-32(47)43(31(46)35(42,7)8)26-15-11-23(19-40)27(18-26)36(37,38)39/h9-18,41H,20H2,1-8H3. The number of nitrogens with one attached hydrogen (secondary N) is 1. The van der Waals surface area contributed by atoms with E-state index in [0.717, 1.165) is 12.1 Å². The molecule has 49 heavy (non-hydrogen) atoms. The molecule has 1 fully saturated rings. The van der Waals surface area contributed by atoms with Crippen LogP contribution in [-0.4, -0.2) is 45.5 Å². The highest BCUT2D eigenvalue weighted by molar-refractivity contribution is 6.23. The lowest BCUT2D eigenvalue weighted by Crippen LogP contribution is -2.43. The zero-order chi connectivity index (χ0) is 36.7. The summed E-state index contributed by atoms with van der Waals surface area (Å²) in [5.41, 5.74) is -3.46. The van der Waals surface area contributed by atoms with Crippen molar-refractivity contribution in [3.63, 3.8) is 0 Å². The molecule has 0 bridgehead atoms. The van der Waals surface area contributed by atoms with Gasteiger partial charge >= 0.3 is 24.1 Å². The summed E-state index contributed by atoms with van der Waals surface area (Å²) in [5.74, 6) is -1.93. The molecule has 3 aromatic rings. The van der Waals surface area contributed by atoms with Crippen molar-refractivity contribution in [2.45, 2.75) is 84.9 Å². The fraction of sp³-hybridized carbons (Fsp3) is 0.361. The van der Waals surface area contributed by atoms with E-state index in [1.807, 2.05) is 0 Å². The van der Waals surface area contributed by atoms with Crippen molar-refractivity contribution in [3.8, 4) is 6.07 Å². The molecule has 10 nitrogen and oxygen atoms in total. The van der Waals surface area contributed by atoms with Crippen molar-refractivity contribution in [3.05, 3.63) is 88.5 Å². The number of imide groups is 1. The van der Waals surface area contributed by atoms with Gasteiger partial charge in [-0.2, -0.15) is 18.4 Å². The van der Waals surface area contributed by atoms with E-state index in [1.54, 1.807) is 71.9 Å². The zero-order valence-corrected chi connectivity index (χ0v) is 28.4. The maximum atomic E-state index is 13.9. The van der Waals surface area contributed by atoms with Crippen molar-refractivity contribution in [2.75, 3.05) is 10.2 Å². The summed E-state index contributed by atoms with van der Waals surface area (Å²) < 4.78 is 52.2. The molecule has 0 atom stereocenters. The van der Waals surface area contributed by atoms with E-state index in [0.29, 0.717) is 33.5 Å². The summed E-state index contributed by atoms with van der Waals surface area (Å²) in [6.45, 7) is 13.1. The molecule has 1 aliphatic heterocycles. The van der Waals surface area contributed by atoms with Crippen LogP contribution in [0.5, 0.6) is 0 Å². The van der Waals surface area contributed by atoms with E-state index in [4.69, 9.17) is 9.47 Å². The number of carbonyl (C=O) groups excluding carboxylic acids is 4. The van der Waals surface area contributed by atoms with Gasteiger partial charge in [-0.1, -0.05) is 0 Å². The van der Waals surface area contributed by atoms with E-state index in [1.165, 1.54) is 36.9 Å². The third-order valence-corrected chi connectivity index (χ3v) is 7.38. The van der Waals surface area contributed by atoms with E-state index in [9.17, 15) is 37.6 Å². The molecule has 0 aromatic heterocycles. The van der Waals surface area contributed by atoms with Crippen LogP contribution in [0.1, 0.15) is 92.8 Å². The molecule has 0 saturated carbocycles. The number of esters is 2. The zero-order valence-electron chi connectivity index (χ0n) is 28.4. The summed E-state index contributed by atoms with van der Waals surface area (Å²) >= 11 is 0. The SMILES string of the molecule is CC(C)(C)OC(=O)c1ccc(Nc2ccc(C(=O)OC(C)(C)C)cc2CN2C(=O)N(c3ccc(C#N)c(C(F)(F)F)c3)C(=O)C2(C)C)cc1. The Morgan fingerprint density at radius 1 is 0.837 bits per heavy atom. The number of carbonyl (C=O) groups is 4. The van der Waals surface area contributed by atoms with Crippen molar-refractivity contribution >= 4 is 40.9 Å². The first-order valence-electron chi connectivity index (χ1n) is 15.3. The molecule has 258 valence electrons. The van der Waals surface area contributed by atoms with Gasteiger partial charge in [0.15, 0.2) is 0 Å². The molecule has 0 unspecified atom stereocenters. The summed E-state index contributed by atoms with van der Waals surface area (Å²) in [6.07, 6.45) is -4.91. The Bertz CT molecular complexity index is 1850. The van der Waals surface area contributed by atoms with Crippen LogP contribution in [-0.2, 0) is 27.0 Å². The second-order valence-corrected chi connectivity index (χ2v) is 14.0. The van der Waals surface area contributed by atoms with Gasteiger partial charge in [0.2, 0.25) is 0 Å². The van der Waals surface area contributed by atoms with Crippen LogP contribution in [0.25, 0.3) is 0 Å². The quantitative estimate of drug-likeness (QED) is 0.197. The fourth-order valence-corrected chi connectivity index (χ4v) is 5.00. The Morgan fingerprint density at radius 3 is 1.92 bits per heavy atom. The van der Waals surface area contributed by atoms with Gasteiger partial charge in [0.1, 0.15) is 16.7 Å². The molecule has 1 saturated heterocycles. The molecule has 0 radical (unpaired) electrons. The first kappa shape index (κ1) is 36.5. The minimum Gasteiger partial charge on any atom is -0.456 e. The van der Waals surface area contributed by atoms with E-state index >= 15 is 0 Å². The number of ether oxygens (including phenoxy) is 2. The third-order valence-electron chi connectivity index (χ3n) is 7.38. The molecular weight excluding hydrogens is 641 g/mol. The number of nitrogens with zero attached hydrogens (tertiary/aromatic N) is 3. The van der Waals surface area contributed by atoms with Crippen molar-refractivity contribution < 1.29 is 41.8 Å². The van der Waals surface area contributed by atoms with Crippen LogP contribution >= 0.6 is 0 Å². The van der Waals surface area contributed by atoms with E-state index < -0.39 is 57.9 Å². The van der Waals surface area contributed by atoms with Crippen molar-refractivity contribution in [2.24, 2.45) is 0 Å². The molecular formula is C36H37F3N4O6. The highest BCUT2D eigenvalue weighted by Gasteiger charge is 2.52. The average Bonchev–Trinajstić information content (AvgIpc) is 3.14. The smallest absolute Gasteiger partial charge is 0.417 e. The molecule has 0 spiro atoms. The fourth-order valence-electron chi connectivity index (χ4n) is 5.00. The predicted octanol–water partition coefficient (Wildman–Crippen LogP) is 7.98. The van der Waals surface area contributed by atoms with Crippen molar-refractivity contribution in [1.82, 2.24) is 4.90 Å². The molecule has 4 rings (SSSR count). The topological polar surface area (TPSA) is 129 Å². The number of hydrogen-bond donors (Lipinski definition) is 1. The van der Waals surface area contributed by atoms with Gasteiger partial charge in [0.25, 0.3) is 5.91 Å². The Kier molecular flexibility index (Phi) is 9.61.